The molecule has 0 aromatic heterocycles. The standard InChI is InChI=1S/C9S/c1-2-3-4-5-6-7-8-9-10. The molecule has 0 aliphatic heterocycles. The normalized spacial score (nSPS) is 3.40. The maximum absolute atomic E-state index is 6.36. The van der Waals surface area contributed by atoms with E-state index in [9.17, 15) is 0 Å². The van der Waals surface area contributed by atoms with Gasteiger partial charge in [-0.1, -0.05) is 0 Å². The monoisotopic (exact) mass is 140 g/mol. The SMILES string of the molecule is [C-]#CC#CC#CC#CC#[S+]. The first-order valence-electron chi connectivity index (χ1n) is 2.20. The molecule has 0 fully saturated rings. The fraction of sp³-hybridized carbons (Fsp3) is 0. The van der Waals surface area contributed by atoms with Crippen LogP contribution in [0, 0.1) is 53.1 Å². The molecule has 0 bridgehead atoms. The topological polar surface area (TPSA) is 0 Å². The van der Waals surface area contributed by atoms with Gasteiger partial charge in [-0.15, -0.1) is 0 Å². The van der Waals surface area contributed by atoms with Gasteiger partial charge < -0.3 is 0 Å². The van der Waals surface area contributed by atoms with Crippen molar-refractivity contribution in [3.63, 3.8) is 0 Å². The molecule has 0 radical (unpaired) electrons. The van der Waals surface area contributed by atoms with Crippen molar-refractivity contribution in [2.75, 3.05) is 0 Å². The van der Waals surface area contributed by atoms with Crippen molar-refractivity contribution in [2.24, 2.45) is 0 Å². The summed E-state index contributed by atoms with van der Waals surface area (Å²) in [6.45, 7) is 0. The van der Waals surface area contributed by atoms with Crippen LogP contribution in [-0.4, -0.2) is 0 Å². The quantitative estimate of drug-likeness (QED) is 0.254. The van der Waals surface area contributed by atoms with Gasteiger partial charge in [-0.05, 0) is 0 Å². The summed E-state index contributed by atoms with van der Waals surface area (Å²) in [4.78, 5) is 0. The predicted molar refractivity (Wildman–Crippen MR) is 41.7 cm³/mol. The van der Waals surface area contributed by atoms with Crippen LogP contribution in [0.5, 0.6) is 0 Å². The molecule has 0 atom stereocenters. The Labute approximate surface area is 65.7 Å². The van der Waals surface area contributed by atoms with E-state index in [2.05, 4.69) is 52.7 Å². The molecular formula is C9S. The van der Waals surface area contributed by atoms with Crippen LogP contribution in [0.2, 0.25) is 0 Å². The van der Waals surface area contributed by atoms with Gasteiger partial charge in [0, 0.05) is 0 Å². The molecule has 0 aromatic rings. The van der Waals surface area contributed by atoms with Crippen molar-refractivity contribution >= 4 is 12.0 Å². The van der Waals surface area contributed by atoms with E-state index in [0.29, 0.717) is 0 Å². The van der Waals surface area contributed by atoms with E-state index in [-0.39, 0.29) is 0 Å². The molecule has 42 valence electrons. The molecule has 0 aliphatic carbocycles. The number of hydrogen-bond acceptors (Lipinski definition) is 0. The summed E-state index contributed by atoms with van der Waals surface area (Å²) in [7, 11) is 0. The zero-order valence-corrected chi connectivity index (χ0v) is 5.72. The molecule has 0 nitrogen and oxygen atoms in total. The molecule has 0 unspecified atom stereocenters. The van der Waals surface area contributed by atoms with E-state index in [1.807, 2.05) is 5.92 Å². The van der Waals surface area contributed by atoms with Gasteiger partial charge >= 0.3 is 65.1 Å². The molecule has 1 heteroatoms. The number of hydrogen-bond donors (Lipinski definition) is 0. The van der Waals surface area contributed by atoms with Crippen molar-refractivity contribution in [3.05, 3.63) is 6.42 Å². The Morgan fingerprint density at radius 2 is 1.30 bits per heavy atom. The molecule has 0 aromatic carbocycles. The van der Waals surface area contributed by atoms with Gasteiger partial charge in [-0.3, -0.25) is 0 Å². The Kier molecular flexibility index (Phi) is 6.17. The van der Waals surface area contributed by atoms with E-state index in [1.165, 1.54) is 0 Å². The van der Waals surface area contributed by atoms with Crippen LogP contribution in [0.1, 0.15) is 0 Å². The minimum absolute atomic E-state index is 1.86. The molecule has 0 aliphatic rings. The first-order valence-corrected chi connectivity index (χ1v) is 2.61. The van der Waals surface area contributed by atoms with Gasteiger partial charge in [-0.2, -0.15) is 0 Å². The summed E-state index contributed by atoms with van der Waals surface area (Å²) in [6, 6.07) is 0. The third-order valence-electron chi connectivity index (χ3n) is 0.426. The Balaban J connectivity index is 4.01. The molecule has 0 saturated heterocycles. The van der Waals surface area contributed by atoms with Gasteiger partial charge in [0.15, 0.2) is 0 Å². The van der Waals surface area contributed by atoms with Gasteiger partial charge in [0.05, 0.1) is 0 Å². The Morgan fingerprint density at radius 1 is 0.800 bits per heavy atom. The fourth-order valence-electron chi connectivity index (χ4n) is 0.182. The van der Waals surface area contributed by atoms with Crippen LogP contribution in [0.15, 0.2) is 0 Å². The van der Waals surface area contributed by atoms with E-state index in [4.69, 9.17) is 6.42 Å². The summed E-state index contributed by atoms with van der Waals surface area (Å²) in [5.74, 6) is 15.8. The van der Waals surface area contributed by atoms with E-state index in [0.717, 1.165) is 0 Å². The van der Waals surface area contributed by atoms with Crippen LogP contribution in [0.3, 0.4) is 0 Å². The average molecular weight is 140 g/mol. The Hall–Kier alpha value is -1.63. The van der Waals surface area contributed by atoms with Crippen LogP contribution in [0.4, 0.5) is 0 Å². The zero-order valence-electron chi connectivity index (χ0n) is 4.91. The van der Waals surface area contributed by atoms with Gasteiger partial charge in [0.25, 0.3) is 0 Å². The first-order chi connectivity index (χ1) is 4.91. The van der Waals surface area contributed by atoms with Crippen LogP contribution < -0.4 is 0 Å². The zero-order chi connectivity index (χ0) is 7.66. The second-order valence-electron chi connectivity index (χ2n) is 0.977. The summed E-state index contributed by atoms with van der Waals surface area (Å²) in [5, 5.41) is 2.18. The summed E-state index contributed by atoms with van der Waals surface area (Å²) >= 11 is 4.28. The Morgan fingerprint density at radius 3 is 1.80 bits per heavy atom. The summed E-state index contributed by atoms with van der Waals surface area (Å²) < 4.78 is 0. The minimum atomic E-state index is 1.86. The van der Waals surface area contributed by atoms with Crippen LogP contribution in [-0.2, 0) is 12.0 Å². The average Bonchev–Trinajstić information content (AvgIpc) is 1.97. The van der Waals surface area contributed by atoms with Gasteiger partial charge in [0.1, 0.15) is 0 Å². The maximum atomic E-state index is 6.36. The molecule has 0 amide bonds. The van der Waals surface area contributed by atoms with Crippen molar-refractivity contribution in [1.29, 1.82) is 0 Å². The second kappa shape index (κ2) is 7.37. The molecule has 0 spiro atoms. The molecular weight excluding hydrogens is 140 g/mol. The van der Waals surface area contributed by atoms with Crippen molar-refractivity contribution in [1.82, 2.24) is 0 Å². The predicted octanol–water partition coefficient (Wildman–Crippen LogP) is 0.0925. The Bertz CT molecular complexity index is 319. The molecule has 10 heavy (non-hydrogen) atoms. The molecule has 0 heterocycles. The van der Waals surface area contributed by atoms with Crippen molar-refractivity contribution < 1.29 is 0 Å². The first kappa shape index (κ1) is 8.37. The molecule has 0 rings (SSSR count). The summed E-state index contributed by atoms with van der Waals surface area (Å²) in [6.07, 6.45) is 6.36. The van der Waals surface area contributed by atoms with E-state index in [1.54, 1.807) is 0 Å². The van der Waals surface area contributed by atoms with Gasteiger partial charge in [0.2, 0.25) is 0 Å². The summed E-state index contributed by atoms with van der Waals surface area (Å²) in [5.41, 5.74) is 0. The van der Waals surface area contributed by atoms with Crippen molar-refractivity contribution in [2.45, 2.75) is 0 Å². The van der Waals surface area contributed by atoms with E-state index >= 15 is 0 Å². The second-order valence-corrected chi connectivity index (χ2v) is 1.18. The van der Waals surface area contributed by atoms with Crippen LogP contribution >= 0.6 is 0 Å². The molecule has 0 N–H and O–H groups in total. The van der Waals surface area contributed by atoms with Crippen LogP contribution in [0.25, 0.3) is 0 Å². The van der Waals surface area contributed by atoms with Gasteiger partial charge in [-0.25, -0.2) is 0 Å². The number of rotatable bonds is 0. The fourth-order valence-corrected chi connectivity index (χ4v) is 0.233. The third-order valence-corrected chi connectivity index (χ3v) is 0.528. The third kappa shape index (κ3) is 6.37. The van der Waals surface area contributed by atoms with E-state index < -0.39 is 0 Å². The molecule has 0 saturated carbocycles. The van der Waals surface area contributed by atoms with Crippen molar-refractivity contribution in [3.8, 4) is 46.6 Å².